The Bertz CT molecular complexity index is 1650. The van der Waals surface area contributed by atoms with Crippen LogP contribution in [0.3, 0.4) is 0 Å². The van der Waals surface area contributed by atoms with Gasteiger partial charge in [0, 0.05) is 38.5 Å². The highest BCUT2D eigenvalue weighted by Gasteiger charge is 2.30. The van der Waals surface area contributed by atoms with Gasteiger partial charge in [-0.15, -0.1) is 0 Å². The number of hydrogen-bond donors (Lipinski definition) is 12. The molecule has 0 saturated heterocycles. The number of rotatable bonds is 23. The third kappa shape index (κ3) is 16.1. The summed E-state index contributed by atoms with van der Waals surface area (Å²) < 4.78 is 0. The SMILES string of the molecule is CNCCC[C@@H](CNC(=O)[C@H](CCCNC(=O)[C@H](CNC(=O)[C@@H]1Cc2cccc(c2)-c2ccc(O)c(c2)C[C@H](NC)C(=O)N[C@@H](CCCNC)C(=O)N1)NC)NC)NC. The lowest BCUT2D eigenvalue weighted by atomic mass is 9.96. The first-order valence-electron chi connectivity index (χ1n) is 20.8. The summed E-state index contributed by atoms with van der Waals surface area (Å²) in [6.45, 7) is 2.31. The summed E-state index contributed by atoms with van der Waals surface area (Å²) in [6.07, 6.45) is 4.20. The van der Waals surface area contributed by atoms with Gasteiger partial charge in [-0.25, -0.2) is 0 Å². The molecule has 3 rings (SSSR count). The van der Waals surface area contributed by atoms with Gasteiger partial charge in [-0.05, 0) is 128 Å². The van der Waals surface area contributed by atoms with Crippen LogP contribution in [0.25, 0.3) is 11.1 Å². The summed E-state index contributed by atoms with van der Waals surface area (Å²) in [5.74, 6) is -1.79. The molecule has 2 aromatic carbocycles. The van der Waals surface area contributed by atoms with Gasteiger partial charge in [-0.3, -0.25) is 24.0 Å². The molecule has 0 aromatic heterocycles. The molecule has 0 radical (unpaired) electrons. The second-order valence-electron chi connectivity index (χ2n) is 15.0. The molecule has 59 heavy (non-hydrogen) atoms. The highest BCUT2D eigenvalue weighted by atomic mass is 16.3. The van der Waals surface area contributed by atoms with E-state index in [2.05, 4.69) is 58.5 Å². The van der Waals surface area contributed by atoms with Crippen molar-refractivity contribution in [2.45, 2.75) is 87.6 Å². The Hall–Kier alpha value is -4.65. The molecule has 0 aliphatic carbocycles. The number of likely N-dealkylation sites (N-methyl/N-ethyl adjacent to an activating group) is 4. The minimum absolute atomic E-state index is 0.0570. The van der Waals surface area contributed by atoms with Gasteiger partial charge in [0.05, 0.1) is 12.1 Å². The van der Waals surface area contributed by atoms with E-state index in [1.165, 1.54) is 0 Å². The quantitative estimate of drug-likeness (QED) is 0.0581. The first-order valence-corrected chi connectivity index (χ1v) is 20.8. The molecule has 17 nitrogen and oxygen atoms in total. The number of phenols is 1. The highest BCUT2D eigenvalue weighted by Crippen LogP contribution is 2.28. The predicted octanol–water partition coefficient (Wildman–Crippen LogP) is -1.39. The van der Waals surface area contributed by atoms with Crippen LogP contribution in [0.15, 0.2) is 42.5 Å². The summed E-state index contributed by atoms with van der Waals surface area (Å²) in [4.78, 5) is 67.5. The van der Waals surface area contributed by atoms with Crippen LogP contribution >= 0.6 is 0 Å². The average Bonchev–Trinajstić information content (AvgIpc) is 3.23. The molecule has 17 heteroatoms. The number of aromatic hydroxyl groups is 1. The maximum absolute atomic E-state index is 13.9. The van der Waals surface area contributed by atoms with E-state index in [1.54, 1.807) is 40.3 Å². The van der Waals surface area contributed by atoms with E-state index in [4.69, 9.17) is 0 Å². The molecule has 1 heterocycles. The lowest BCUT2D eigenvalue weighted by Crippen LogP contribution is -2.58. The summed E-state index contributed by atoms with van der Waals surface area (Å²) in [6, 6.07) is 9.08. The zero-order valence-electron chi connectivity index (χ0n) is 35.7. The van der Waals surface area contributed by atoms with Crippen LogP contribution < -0.4 is 58.5 Å². The number of benzene rings is 2. The fourth-order valence-corrected chi connectivity index (χ4v) is 7.01. The van der Waals surface area contributed by atoms with Gasteiger partial charge in [0.15, 0.2) is 0 Å². The third-order valence-corrected chi connectivity index (χ3v) is 10.7. The molecule has 6 atom stereocenters. The first kappa shape index (κ1) is 48.7. The Morgan fingerprint density at radius 2 is 1.41 bits per heavy atom. The number of fused-ring (bicyclic) bond motifs is 5. The van der Waals surface area contributed by atoms with Crippen LogP contribution in [-0.4, -0.2) is 146 Å². The summed E-state index contributed by atoms with van der Waals surface area (Å²) in [5.41, 5.74) is 3.01. The lowest BCUT2D eigenvalue weighted by Gasteiger charge is -2.26. The molecular weight excluding hydrogens is 755 g/mol. The second-order valence-corrected chi connectivity index (χ2v) is 15.0. The van der Waals surface area contributed by atoms with Crippen LogP contribution in [0, 0.1) is 0 Å². The van der Waals surface area contributed by atoms with Crippen LogP contribution in [0.1, 0.15) is 49.7 Å². The van der Waals surface area contributed by atoms with Crippen molar-refractivity contribution < 1.29 is 29.1 Å². The van der Waals surface area contributed by atoms with Crippen molar-refractivity contribution in [1.29, 1.82) is 0 Å². The highest BCUT2D eigenvalue weighted by molar-refractivity contribution is 5.93. The zero-order valence-corrected chi connectivity index (χ0v) is 35.7. The Balaban J connectivity index is 1.70. The summed E-state index contributed by atoms with van der Waals surface area (Å²) in [7, 11) is 10.6. The van der Waals surface area contributed by atoms with Crippen molar-refractivity contribution in [3.05, 3.63) is 53.6 Å². The predicted molar refractivity (Wildman–Crippen MR) is 231 cm³/mol. The largest absolute Gasteiger partial charge is 0.508 e. The molecular formula is C42H69N11O6. The molecule has 0 unspecified atom stereocenters. The molecule has 2 aromatic rings. The van der Waals surface area contributed by atoms with E-state index in [1.807, 2.05) is 44.4 Å². The van der Waals surface area contributed by atoms with Gasteiger partial charge in [-0.1, -0.05) is 30.3 Å². The number of carbonyl (C=O) groups is 5. The minimum Gasteiger partial charge on any atom is -0.508 e. The molecule has 1 aliphatic heterocycles. The Labute approximate surface area is 349 Å². The average molecular weight is 824 g/mol. The van der Waals surface area contributed by atoms with Gasteiger partial charge in [0.1, 0.15) is 23.9 Å². The van der Waals surface area contributed by atoms with Crippen molar-refractivity contribution in [3.63, 3.8) is 0 Å². The number of hydrogen-bond acceptors (Lipinski definition) is 12. The van der Waals surface area contributed by atoms with Gasteiger partial charge in [0.2, 0.25) is 29.5 Å². The fraction of sp³-hybridized carbons (Fsp3) is 0.595. The van der Waals surface area contributed by atoms with E-state index in [9.17, 15) is 29.1 Å². The topological polar surface area (TPSA) is 238 Å². The number of amides is 5. The van der Waals surface area contributed by atoms with Gasteiger partial charge in [-0.2, -0.15) is 0 Å². The molecule has 5 amide bonds. The molecule has 0 spiro atoms. The molecule has 328 valence electrons. The molecule has 1 aliphatic rings. The van der Waals surface area contributed by atoms with E-state index in [0.717, 1.165) is 36.1 Å². The maximum Gasteiger partial charge on any atom is 0.243 e. The Kier molecular flexibility index (Phi) is 21.8. The third-order valence-electron chi connectivity index (χ3n) is 10.7. The zero-order chi connectivity index (χ0) is 43.2. The van der Waals surface area contributed by atoms with E-state index < -0.39 is 47.9 Å². The summed E-state index contributed by atoms with van der Waals surface area (Å²) >= 11 is 0. The number of phenolic OH excluding ortho intramolecular Hbond substituents is 1. The van der Waals surface area contributed by atoms with E-state index >= 15 is 0 Å². The minimum atomic E-state index is -1.04. The molecule has 12 N–H and O–H groups in total. The monoisotopic (exact) mass is 824 g/mol. The standard InChI is InChI=1S/C42H69N11O6/c1-43-18-8-13-31(45-3)25-50-38(55)32(46-4)14-10-20-49-40(57)36(48-6)26-51-39(56)35-22-27-11-7-12-28(21-27)29-16-17-37(54)30(23-29)24-34(47-5)42(59)52-33(41(58)53-35)15-9-19-44-2/h7,11-12,16-17,21,23,31-36,43-48,54H,8-10,13-15,18-20,22,24-26H2,1-6H3,(H,49,57)(H,50,55)(H,51,56)(H,52,59)(H,53,58)/t31-,32-,33-,34-,35-,36-/m0/s1. The number of carbonyl (C=O) groups excluding carboxylic acids is 5. The summed E-state index contributed by atoms with van der Waals surface area (Å²) in [5, 5.41) is 43.7. The van der Waals surface area contributed by atoms with Crippen molar-refractivity contribution in [2.24, 2.45) is 0 Å². The smallest absolute Gasteiger partial charge is 0.243 e. The van der Waals surface area contributed by atoms with Crippen LogP contribution in [0.5, 0.6) is 5.75 Å². The number of nitrogens with one attached hydrogen (secondary N) is 11. The lowest BCUT2D eigenvalue weighted by molar-refractivity contribution is -0.132. The maximum atomic E-state index is 13.9. The van der Waals surface area contributed by atoms with Crippen molar-refractivity contribution in [1.82, 2.24) is 58.5 Å². The van der Waals surface area contributed by atoms with Gasteiger partial charge < -0.3 is 63.6 Å². The second kappa shape index (κ2) is 26.4. The molecule has 0 saturated carbocycles. The van der Waals surface area contributed by atoms with Crippen molar-refractivity contribution in [3.8, 4) is 16.9 Å². The van der Waals surface area contributed by atoms with Crippen LogP contribution in [-0.2, 0) is 36.8 Å². The molecule has 0 fully saturated rings. The van der Waals surface area contributed by atoms with E-state index in [0.29, 0.717) is 50.9 Å². The fourth-order valence-electron chi connectivity index (χ4n) is 7.01. The van der Waals surface area contributed by atoms with Crippen LogP contribution in [0.4, 0.5) is 0 Å². The Morgan fingerprint density at radius 3 is 2.10 bits per heavy atom. The molecule has 4 bridgehead atoms. The first-order chi connectivity index (χ1) is 28.5. The van der Waals surface area contributed by atoms with Gasteiger partial charge in [0.25, 0.3) is 0 Å². The Morgan fingerprint density at radius 1 is 0.712 bits per heavy atom. The van der Waals surface area contributed by atoms with Crippen molar-refractivity contribution in [2.75, 3.05) is 75.0 Å². The van der Waals surface area contributed by atoms with Gasteiger partial charge >= 0.3 is 0 Å². The van der Waals surface area contributed by atoms with E-state index in [-0.39, 0.29) is 43.0 Å². The normalized spacial score (nSPS) is 18.6. The van der Waals surface area contributed by atoms with Crippen LogP contribution in [0.2, 0.25) is 0 Å². The van der Waals surface area contributed by atoms with Crippen molar-refractivity contribution >= 4 is 29.5 Å².